The molecule has 1 fully saturated rings. The van der Waals surface area contributed by atoms with Crippen LogP contribution in [0.4, 0.5) is 5.69 Å². The van der Waals surface area contributed by atoms with Crippen molar-refractivity contribution in [1.82, 2.24) is 0 Å². The van der Waals surface area contributed by atoms with Crippen LogP contribution in [0.5, 0.6) is 0 Å². The lowest BCUT2D eigenvalue weighted by molar-refractivity contribution is -0.384. The Bertz CT molecular complexity index is 651. The Morgan fingerprint density at radius 2 is 1.70 bits per heavy atom. The van der Waals surface area contributed by atoms with Crippen LogP contribution in [-0.4, -0.2) is 16.8 Å². The largest absolute Gasteiger partial charge is 0.356 e. The normalized spacial score (nSPS) is 20.4. The van der Waals surface area contributed by atoms with E-state index in [2.05, 4.69) is 0 Å². The maximum Gasteiger partial charge on any atom is 0.269 e. The summed E-state index contributed by atoms with van der Waals surface area (Å²) in [5.74, 6) is -0.0612. The van der Waals surface area contributed by atoms with E-state index in [-0.39, 0.29) is 17.6 Å². The minimum Gasteiger partial charge on any atom is -0.356 e. The van der Waals surface area contributed by atoms with E-state index < -0.39 is 11.0 Å². The molecule has 0 spiro atoms. The van der Waals surface area contributed by atoms with Gasteiger partial charge in [-0.15, -0.1) is 0 Å². The van der Waals surface area contributed by atoms with Gasteiger partial charge in [0.15, 0.2) is 11.9 Å². The lowest BCUT2D eigenvalue weighted by atomic mass is 10.0. The van der Waals surface area contributed by atoms with E-state index in [1.165, 1.54) is 12.1 Å². The van der Waals surface area contributed by atoms with E-state index in [1.807, 2.05) is 6.07 Å². The molecular formula is C15H11NO4. The van der Waals surface area contributed by atoms with Gasteiger partial charge in [0.2, 0.25) is 0 Å². The average molecular weight is 269 g/mol. The highest BCUT2D eigenvalue weighted by Crippen LogP contribution is 2.40. The number of epoxide rings is 1. The monoisotopic (exact) mass is 269 g/mol. The minimum atomic E-state index is -0.487. The molecule has 100 valence electrons. The molecule has 2 aromatic rings. The third-order valence-electron chi connectivity index (χ3n) is 3.24. The molecule has 0 aromatic heterocycles. The van der Waals surface area contributed by atoms with Crippen molar-refractivity contribution in [3.05, 3.63) is 75.8 Å². The van der Waals surface area contributed by atoms with E-state index in [0.717, 1.165) is 5.56 Å². The Morgan fingerprint density at radius 3 is 2.30 bits per heavy atom. The summed E-state index contributed by atoms with van der Waals surface area (Å²) >= 11 is 0. The van der Waals surface area contributed by atoms with Gasteiger partial charge >= 0.3 is 0 Å². The standard InChI is InChI=1S/C15H11NO4/c17-13(10-4-2-1-3-5-10)15-14(20-15)11-6-8-12(9-7-11)16(18)19/h1-9,14-15H/t14-,15+/m0/s1. The number of rotatable bonds is 4. The number of nitrogens with zero attached hydrogens (tertiary/aromatic N) is 1. The number of ketones is 1. The molecule has 0 radical (unpaired) electrons. The summed E-state index contributed by atoms with van der Waals surface area (Å²) in [7, 11) is 0. The number of carbonyl (C=O) groups excluding carboxylic acids is 1. The van der Waals surface area contributed by atoms with Crippen molar-refractivity contribution >= 4 is 11.5 Å². The van der Waals surface area contributed by atoms with Gasteiger partial charge in [-0.3, -0.25) is 14.9 Å². The first kappa shape index (κ1) is 12.5. The Kier molecular flexibility index (Phi) is 3.04. The number of ether oxygens (including phenoxy) is 1. The predicted octanol–water partition coefficient (Wildman–Crippen LogP) is 2.92. The van der Waals surface area contributed by atoms with Crippen LogP contribution in [0.15, 0.2) is 54.6 Å². The number of nitro benzene ring substituents is 1. The van der Waals surface area contributed by atoms with Gasteiger partial charge in [-0.1, -0.05) is 30.3 Å². The smallest absolute Gasteiger partial charge is 0.269 e. The SMILES string of the molecule is O=C(c1ccccc1)[C@H]1O[C@H]1c1ccc([N+](=O)[O-])cc1. The van der Waals surface area contributed by atoms with Crippen LogP contribution in [0.3, 0.4) is 0 Å². The van der Waals surface area contributed by atoms with Crippen molar-refractivity contribution in [2.45, 2.75) is 12.2 Å². The molecule has 20 heavy (non-hydrogen) atoms. The maximum atomic E-state index is 12.1. The Balaban J connectivity index is 1.73. The Labute approximate surface area is 115 Å². The van der Waals surface area contributed by atoms with Gasteiger partial charge in [0.1, 0.15) is 6.10 Å². The molecular weight excluding hydrogens is 258 g/mol. The zero-order valence-corrected chi connectivity index (χ0v) is 10.4. The van der Waals surface area contributed by atoms with Crippen molar-refractivity contribution in [3.8, 4) is 0 Å². The molecule has 5 heteroatoms. The first-order valence-corrected chi connectivity index (χ1v) is 6.16. The molecule has 0 bridgehead atoms. The number of nitro groups is 1. The van der Waals surface area contributed by atoms with Gasteiger partial charge in [-0.25, -0.2) is 0 Å². The Morgan fingerprint density at radius 1 is 1.05 bits per heavy atom. The summed E-state index contributed by atoms with van der Waals surface area (Å²) in [4.78, 5) is 22.3. The van der Waals surface area contributed by atoms with Crippen molar-refractivity contribution in [2.24, 2.45) is 0 Å². The predicted molar refractivity (Wildman–Crippen MR) is 71.5 cm³/mol. The van der Waals surface area contributed by atoms with E-state index >= 15 is 0 Å². The lowest BCUT2D eigenvalue weighted by Gasteiger charge is -1.97. The second kappa shape index (κ2) is 4.86. The highest BCUT2D eigenvalue weighted by Gasteiger charge is 2.46. The highest BCUT2D eigenvalue weighted by molar-refractivity contribution is 6.01. The van der Waals surface area contributed by atoms with Crippen LogP contribution in [0.2, 0.25) is 0 Å². The van der Waals surface area contributed by atoms with Gasteiger partial charge in [0.25, 0.3) is 5.69 Å². The molecule has 0 amide bonds. The fraction of sp³-hybridized carbons (Fsp3) is 0.133. The molecule has 1 saturated heterocycles. The van der Waals surface area contributed by atoms with E-state index in [1.54, 1.807) is 36.4 Å². The summed E-state index contributed by atoms with van der Waals surface area (Å²) in [5.41, 5.74) is 1.42. The van der Waals surface area contributed by atoms with Crippen LogP contribution in [0.25, 0.3) is 0 Å². The Hall–Kier alpha value is -2.53. The highest BCUT2D eigenvalue weighted by atomic mass is 16.6. The summed E-state index contributed by atoms with van der Waals surface area (Å²) in [6.45, 7) is 0. The van der Waals surface area contributed by atoms with Gasteiger partial charge in [0, 0.05) is 17.7 Å². The summed E-state index contributed by atoms with van der Waals surface area (Å²) < 4.78 is 5.40. The zero-order chi connectivity index (χ0) is 14.1. The zero-order valence-electron chi connectivity index (χ0n) is 10.4. The van der Waals surface area contributed by atoms with Crippen LogP contribution in [0, 0.1) is 10.1 Å². The molecule has 1 aliphatic heterocycles. The quantitative estimate of drug-likeness (QED) is 0.370. The molecule has 0 saturated carbocycles. The third kappa shape index (κ3) is 2.31. The number of hydrogen-bond donors (Lipinski definition) is 0. The van der Waals surface area contributed by atoms with Crippen molar-refractivity contribution in [1.29, 1.82) is 0 Å². The topological polar surface area (TPSA) is 72.7 Å². The number of hydrogen-bond acceptors (Lipinski definition) is 4. The third-order valence-corrected chi connectivity index (χ3v) is 3.24. The molecule has 5 nitrogen and oxygen atoms in total. The summed E-state index contributed by atoms with van der Waals surface area (Å²) in [6.07, 6.45) is -0.789. The summed E-state index contributed by atoms with van der Waals surface area (Å²) in [5, 5.41) is 10.6. The summed E-state index contributed by atoms with van der Waals surface area (Å²) in [6, 6.07) is 15.0. The minimum absolute atomic E-state index is 0.0281. The maximum absolute atomic E-state index is 12.1. The second-order valence-electron chi connectivity index (χ2n) is 4.56. The molecule has 1 aliphatic rings. The van der Waals surface area contributed by atoms with Gasteiger partial charge < -0.3 is 4.74 Å². The molecule has 0 N–H and O–H groups in total. The number of carbonyl (C=O) groups is 1. The van der Waals surface area contributed by atoms with Crippen molar-refractivity contribution in [2.75, 3.05) is 0 Å². The van der Waals surface area contributed by atoms with Crippen molar-refractivity contribution in [3.63, 3.8) is 0 Å². The lowest BCUT2D eigenvalue weighted by Crippen LogP contribution is -2.07. The van der Waals surface area contributed by atoms with E-state index in [4.69, 9.17) is 4.74 Å². The van der Waals surface area contributed by atoms with Crippen LogP contribution < -0.4 is 0 Å². The number of benzene rings is 2. The molecule has 3 rings (SSSR count). The molecule has 1 heterocycles. The first-order valence-electron chi connectivity index (χ1n) is 6.16. The number of non-ortho nitro benzene ring substituents is 1. The molecule has 0 unspecified atom stereocenters. The van der Waals surface area contributed by atoms with E-state index in [0.29, 0.717) is 5.56 Å². The van der Waals surface area contributed by atoms with Crippen LogP contribution in [-0.2, 0) is 4.74 Å². The number of Topliss-reactive ketones (excluding diaryl/α,β-unsaturated/α-hetero) is 1. The fourth-order valence-electron chi connectivity index (χ4n) is 2.12. The average Bonchev–Trinajstić information content (AvgIpc) is 3.28. The van der Waals surface area contributed by atoms with Gasteiger partial charge in [-0.05, 0) is 17.7 Å². The van der Waals surface area contributed by atoms with Gasteiger partial charge in [0.05, 0.1) is 4.92 Å². The second-order valence-corrected chi connectivity index (χ2v) is 4.56. The fourth-order valence-corrected chi connectivity index (χ4v) is 2.12. The van der Waals surface area contributed by atoms with Gasteiger partial charge in [-0.2, -0.15) is 0 Å². The van der Waals surface area contributed by atoms with Crippen molar-refractivity contribution < 1.29 is 14.5 Å². The first-order chi connectivity index (χ1) is 9.66. The molecule has 0 aliphatic carbocycles. The molecule has 2 aromatic carbocycles. The van der Waals surface area contributed by atoms with Crippen LogP contribution in [0.1, 0.15) is 22.0 Å². The van der Waals surface area contributed by atoms with Crippen LogP contribution >= 0.6 is 0 Å². The van der Waals surface area contributed by atoms with E-state index in [9.17, 15) is 14.9 Å². The molecule has 2 atom stereocenters.